The van der Waals surface area contributed by atoms with Crippen LogP contribution in [0.3, 0.4) is 0 Å². The molecule has 0 atom stereocenters. The van der Waals surface area contributed by atoms with Gasteiger partial charge in [0.25, 0.3) is 0 Å². The maximum atomic E-state index is 4.42. The normalized spacial score (nSPS) is 15.1. The van der Waals surface area contributed by atoms with E-state index in [2.05, 4.69) is 67.0 Å². The van der Waals surface area contributed by atoms with Crippen LogP contribution in [0.5, 0.6) is 0 Å². The van der Waals surface area contributed by atoms with E-state index in [-0.39, 0.29) is 0 Å². The van der Waals surface area contributed by atoms with Crippen LogP contribution in [0.25, 0.3) is 0 Å². The van der Waals surface area contributed by atoms with Crippen molar-refractivity contribution in [2.24, 2.45) is 0 Å². The van der Waals surface area contributed by atoms with Crippen LogP contribution in [-0.2, 0) is 6.54 Å². The molecule has 5 heteroatoms. The number of hydrogen-bond donors (Lipinski definition) is 1. The van der Waals surface area contributed by atoms with Gasteiger partial charge in [0, 0.05) is 41.3 Å². The first-order chi connectivity index (χ1) is 8.84. The average Bonchev–Trinajstić information content (AvgIpc) is 2.62. The standard InChI is InChI=1S/C13H13IN4/c14-11-8-16-13(17-9-11)18-6-5-15-7-10-3-1-2-4-12(10)18/h1-4,8-9,15H,5-7H2. The summed E-state index contributed by atoms with van der Waals surface area (Å²) < 4.78 is 1.05. The molecule has 2 aromatic rings. The van der Waals surface area contributed by atoms with Crippen molar-refractivity contribution >= 4 is 34.2 Å². The molecule has 1 aliphatic rings. The molecule has 18 heavy (non-hydrogen) atoms. The number of anilines is 2. The van der Waals surface area contributed by atoms with E-state index in [0.29, 0.717) is 0 Å². The van der Waals surface area contributed by atoms with E-state index in [4.69, 9.17) is 0 Å². The molecule has 0 saturated heterocycles. The Bertz CT molecular complexity index is 541. The Kier molecular flexibility index (Phi) is 3.42. The first-order valence-electron chi connectivity index (χ1n) is 5.88. The van der Waals surface area contributed by atoms with E-state index in [1.54, 1.807) is 0 Å². The number of nitrogens with zero attached hydrogens (tertiary/aromatic N) is 3. The third-order valence-electron chi connectivity index (χ3n) is 2.96. The van der Waals surface area contributed by atoms with Gasteiger partial charge in [-0.1, -0.05) is 18.2 Å². The minimum absolute atomic E-state index is 0.770. The summed E-state index contributed by atoms with van der Waals surface area (Å²) in [5.41, 5.74) is 2.49. The predicted octanol–water partition coefficient (Wildman–Crippen LogP) is 2.32. The molecule has 2 heterocycles. The first kappa shape index (κ1) is 11.9. The number of nitrogens with one attached hydrogen (secondary N) is 1. The lowest BCUT2D eigenvalue weighted by Gasteiger charge is -2.22. The molecule has 1 aliphatic heterocycles. The molecule has 1 aromatic heterocycles. The smallest absolute Gasteiger partial charge is 0.229 e. The largest absolute Gasteiger partial charge is 0.311 e. The molecular formula is C13H13IN4. The van der Waals surface area contributed by atoms with Crippen LogP contribution < -0.4 is 10.2 Å². The van der Waals surface area contributed by atoms with E-state index >= 15 is 0 Å². The van der Waals surface area contributed by atoms with Crippen molar-refractivity contribution < 1.29 is 0 Å². The number of hydrogen-bond acceptors (Lipinski definition) is 4. The van der Waals surface area contributed by atoms with E-state index < -0.39 is 0 Å². The second-order valence-electron chi connectivity index (χ2n) is 4.16. The number of halogens is 1. The molecule has 3 rings (SSSR count). The number of benzene rings is 1. The Hall–Kier alpha value is -1.21. The van der Waals surface area contributed by atoms with Crippen molar-refractivity contribution in [2.45, 2.75) is 6.54 Å². The van der Waals surface area contributed by atoms with Crippen molar-refractivity contribution in [2.75, 3.05) is 18.0 Å². The van der Waals surface area contributed by atoms with E-state index in [1.807, 2.05) is 12.4 Å². The van der Waals surface area contributed by atoms with Gasteiger partial charge in [-0.05, 0) is 34.2 Å². The SMILES string of the molecule is Ic1cnc(N2CCNCc3ccccc32)nc1. The molecule has 0 bridgehead atoms. The third kappa shape index (κ3) is 2.32. The van der Waals surface area contributed by atoms with Gasteiger partial charge >= 0.3 is 0 Å². The van der Waals surface area contributed by atoms with Gasteiger partial charge in [-0.2, -0.15) is 0 Å². The van der Waals surface area contributed by atoms with Crippen molar-refractivity contribution in [1.82, 2.24) is 15.3 Å². The van der Waals surface area contributed by atoms with E-state index in [1.165, 1.54) is 11.3 Å². The van der Waals surface area contributed by atoms with Crippen molar-refractivity contribution in [1.29, 1.82) is 0 Å². The van der Waals surface area contributed by atoms with Crippen LogP contribution in [0.15, 0.2) is 36.7 Å². The molecular weight excluding hydrogens is 339 g/mol. The highest BCUT2D eigenvalue weighted by Gasteiger charge is 2.17. The van der Waals surface area contributed by atoms with Crippen LogP contribution in [-0.4, -0.2) is 23.1 Å². The second kappa shape index (κ2) is 5.19. The maximum absolute atomic E-state index is 4.42. The molecule has 0 saturated carbocycles. The molecule has 1 aromatic carbocycles. The van der Waals surface area contributed by atoms with Gasteiger partial charge in [-0.25, -0.2) is 9.97 Å². The van der Waals surface area contributed by atoms with Gasteiger partial charge in [-0.3, -0.25) is 0 Å². The van der Waals surface area contributed by atoms with Crippen LogP contribution in [0.1, 0.15) is 5.56 Å². The van der Waals surface area contributed by atoms with Crippen molar-refractivity contribution in [3.8, 4) is 0 Å². The van der Waals surface area contributed by atoms with Crippen molar-refractivity contribution in [3.05, 3.63) is 45.8 Å². The van der Waals surface area contributed by atoms with Gasteiger partial charge in [0.1, 0.15) is 0 Å². The minimum atomic E-state index is 0.770. The molecule has 0 fully saturated rings. The third-order valence-corrected chi connectivity index (χ3v) is 3.52. The Morgan fingerprint density at radius 3 is 2.78 bits per heavy atom. The summed E-state index contributed by atoms with van der Waals surface area (Å²) in [5.74, 6) is 0.770. The number of fused-ring (bicyclic) bond motifs is 1. The molecule has 0 spiro atoms. The lowest BCUT2D eigenvalue weighted by molar-refractivity contribution is 0.709. The summed E-state index contributed by atoms with van der Waals surface area (Å²) >= 11 is 2.22. The fraction of sp³-hybridized carbons (Fsp3) is 0.231. The van der Waals surface area contributed by atoms with Crippen LogP contribution >= 0.6 is 22.6 Å². The molecule has 4 nitrogen and oxygen atoms in total. The Morgan fingerprint density at radius 1 is 1.17 bits per heavy atom. The van der Waals surface area contributed by atoms with Gasteiger partial charge in [0.05, 0.1) is 0 Å². The van der Waals surface area contributed by atoms with E-state index in [9.17, 15) is 0 Å². The highest BCUT2D eigenvalue weighted by atomic mass is 127. The quantitative estimate of drug-likeness (QED) is 0.800. The second-order valence-corrected chi connectivity index (χ2v) is 5.40. The lowest BCUT2D eigenvalue weighted by atomic mass is 10.1. The van der Waals surface area contributed by atoms with Gasteiger partial charge in [0.15, 0.2) is 0 Å². The summed E-state index contributed by atoms with van der Waals surface area (Å²) in [6, 6.07) is 8.40. The van der Waals surface area contributed by atoms with Gasteiger partial charge in [0.2, 0.25) is 5.95 Å². The topological polar surface area (TPSA) is 41.1 Å². The number of para-hydroxylation sites is 1. The Morgan fingerprint density at radius 2 is 1.94 bits per heavy atom. The first-order valence-corrected chi connectivity index (χ1v) is 6.96. The summed E-state index contributed by atoms with van der Waals surface area (Å²) in [6.07, 6.45) is 3.70. The fourth-order valence-corrected chi connectivity index (χ4v) is 2.39. The van der Waals surface area contributed by atoms with E-state index in [0.717, 1.165) is 29.2 Å². The molecule has 0 radical (unpaired) electrons. The zero-order valence-electron chi connectivity index (χ0n) is 9.81. The average molecular weight is 352 g/mol. The molecule has 0 aliphatic carbocycles. The van der Waals surface area contributed by atoms with Crippen LogP contribution in [0.4, 0.5) is 11.6 Å². The minimum Gasteiger partial charge on any atom is -0.311 e. The maximum Gasteiger partial charge on any atom is 0.229 e. The van der Waals surface area contributed by atoms with Crippen LogP contribution in [0, 0.1) is 3.57 Å². The van der Waals surface area contributed by atoms with Crippen LogP contribution in [0.2, 0.25) is 0 Å². The highest BCUT2D eigenvalue weighted by Crippen LogP contribution is 2.27. The van der Waals surface area contributed by atoms with Crippen molar-refractivity contribution in [3.63, 3.8) is 0 Å². The predicted molar refractivity (Wildman–Crippen MR) is 79.9 cm³/mol. The highest BCUT2D eigenvalue weighted by molar-refractivity contribution is 14.1. The Balaban J connectivity index is 2.03. The summed E-state index contributed by atoms with van der Waals surface area (Å²) in [4.78, 5) is 11.0. The zero-order chi connectivity index (χ0) is 12.4. The summed E-state index contributed by atoms with van der Waals surface area (Å²) in [7, 11) is 0. The van der Waals surface area contributed by atoms with Gasteiger partial charge in [-0.15, -0.1) is 0 Å². The molecule has 92 valence electrons. The molecule has 1 N–H and O–H groups in total. The lowest BCUT2D eigenvalue weighted by Crippen LogP contribution is -2.25. The molecule has 0 amide bonds. The fourth-order valence-electron chi connectivity index (χ4n) is 2.11. The van der Waals surface area contributed by atoms with Gasteiger partial charge < -0.3 is 10.2 Å². The number of rotatable bonds is 1. The monoisotopic (exact) mass is 352 g/mol. The summed E-state index contributed by atoms with van der Waals surface area (Å²) in [6.45, 7) is 2.72. The zero-order valence-corrected chi connectivity index (χ0v) is 12.0. The Labute approximate surface area is 120 Å². The molecule has 0 unspecified atom stereocenters. The number of aromatic nitrogens is 2. The summed E-state index contributed by atoms with van der Waals surface area (Å²) in [5, 5.41) is 3.42.